The van der Waals surface area contributed by atoms with Gasteiger partial charge < -0.3 is 30.0 Å². The number of allylic oxidation sites excluding steroid dienone is 3. The highest BCUT2D eigenvalue weighted by Gasteiger charge is 2.65. The van der Waals surface area contributed by atoms with E-state index in [9.17, 15) is 19.5 Å². The minimum atomic E-state index is -1.01. The molecule has 9 nitrogen and oxygen atoms in total. The third-order valence-corrected chi connectivity index (χ3v) is 7.54. The zero-order valence-corrected chi connectivity index (χ0v) is 21.0. The Labute approximate surface area is 205 Å². The van der Waals surface area contributed by atoms with E-state index in [1.807, 2.05) is 19.9 Å². The maximum absolute atomic E-state index is 12.7. The number of nitrogens with one attached hydrogen (secondary N) is 2. The zero-order valence-electron chi connectivity index (χ0n) is 21.0. The van der Waals surface area contributed by atoms with Gasteiger partial charge in [0.05, 0.1) is 24.7 Å². The Bertz CT molecular complexity index is 1050. The van der Waals surface area contributed by atoms with E-state index in [-0.39, 0.29) is 35.5 Å². The van der Waals surface area contributed by atoms with E-state index in [1.165, 1.54) is 13.1 Å². The van der Waals surface area contributed by atoms with Crippen LogP contribution in [0.5, 0.6) is 0 Å². The van der Waals surface area contributed by atoms with Crippen molar-refractivity contribution in [2.75, 3.05) is 13.7 Å². The van der Waals surface area contributed by atoms with E-state index >= 15 is 0 Å². The van der Waals surface area contributed by atoms with Crippen molar-refractivity contribution in [2.45, 2.75) is 64.3 Å². The molecule has 3 fully saturated rings. The summed E-state index contributed by atoms with van der Waals surface area (Å²) >= 11 is 0. The quantitative estimate of drug-likeness (QED) is 0.131. The summed E-state index contributed by atoms with van der Waals surface area (Å²) in [5.41, 5.74) is -0.0254. The van der Waals surface area contributed by atoms with Gasteiger partial charge in [0.25, 0.3) is 5.91 Å². The van der Waals surface area contributed by atoms with Crippen LogP contribution in [0, 0.1) is 17.8 Å². The highest BCUT2D eigenvalue weighted by molar-refractivity contribution is 6.27. The Balaban J connectivity index is 1.47. The van der Waals surface area contributed by atoms with Gasteiger partial charge in [0.1, 0.15) is 17.4 Å². The molecule has 0 aromatic heterocycles. The molecule has 0 radical (unpaired) electrons. The first-order valence-electron chi connectivity index (χ1n) is 12.0. The topological polar surface area (TPSA) is 126 Å². The lowest BCUT2D eigenvalue weighted by Gasteiger charge is -2.51. The highest BCUT2D eigenvalue weighted by Crippen LogP contribution is 2.51. The van der Waals surface area contributed by atoms with Crippen LogP contribution in [0.3, 0.4) is 0 Å². The van der Waals surface area contributed by atoms with Crippen molar-refractivity contribution < 1.29 is 33.7 Å². The van der Waals surface area contributed by atoms with Crippen LogP contribution in [-0.4, -0.2) is 66.0 Å². The first-order valence-corrected chi connectivity index (χ1v) is 12.0. The summed E-state index contributed by atoms with van der Waals surface area (Å²) in [5, 5.41) is 15.4. The fourth-order valence-corrected chi connectivity index (χ4v) is 5.17. The Morgan fingerprint density at radius 1 is 1.29 bits per heavy atom. The fraction of sp³-hybridized carbons (Fsp3) is 0.577. The number of aliphatic hydroxyl groups excluding tert-OH is 1. The molecule has 0 aliphatic carbocycles. The van der Waals surface area contributed by atoms with E-state index in [2.05, 4.69) is 36.6 Å². The number of aliphatic hydroxyl groups is 1. The molecule has 3 saturated heterocycles. The van der Waals surface area contributed by atoms with Crippen LogP contribution in [0.2, 0.25) is 0 Å². The predicted octanol–water partition coefficient (Wildman–Crippen LogP) is 1.86. The molecule has 35 heavy (non-hydrogen) atoms. The summed E-state index contributed by atoms with van der Waals surface area (Å²) in [5.74, 6) is -3.56. The van der Waals surface area contributed by atoms with Crippen LogP contribution in [0.15, 0.2) is 47.3 Å². The van der Waals surface area contributed by atoms with Crippen LogP contribution in [0.4, 0.5) is 0 Å². The highest BCUT2D eigenvalue weighted by atomic mass is 16.8. The van der Waals surface area contributed by atoms with Gasteiger partial charge in [-0.25, -0.2) is 0 Å². The lowest BCUT2D eigenvalue weighted by atomic mass is 9.82. The summed E-state index contributed by atoms with van der Waals surface area (Å²) in [4.78, 5) is 36.9. The number of Topliss-reactive ketones (excluding diaryl/α,β-unsaturated/α-hetero) is 1. The molecule has 8 atom stereocenters. The predicted molar refractivity (Wildman–Crippen MR) is 127 cm³/mol. The van der Waals surface area contributed by atoms with Gasteiger partial charge >= 0.3 is 0 Å². The van der Waals surface area contributed by atoms with Crippen LogP contribution in [0.1, 0.15) is 34.6 Å². The third-order valence-electron chi connectivity index (χ3n) is 7.54. The average Bonchev–Trinajstić information content (AvgIpc) is 3.55. The minimum Gasteiger partial charge on any atom is -0.507 e. The van der Waals surface area contributed by atoms with Crippen molar-refractivity contribution in [3.8, 4) is 0 Å². The van der Waals surface area contributed by atoms with Crippen molar-refractivity contribution >= 4 is 17.6 Å². The van der Waals surface area contributed by atoms with Gasteiger partial charge in [-0.15, -0.1) is 0 Å². The lowest BCUT2D eigenvalue weighted by molar-refractivity contribution is -0.346. The molecule has 190 valence electrons. The van der Waals surface area contributed by atoms with E-state index in [0.29, 0.717) is 6.61 Å². The number of ketones is 1. The number of amides is 2. The summed E-state index contributed by atoms with van der Waals surface area (Å²) in [6, 6.07) is -1.01. The Hall–Kier alpha value is -2.75. The Morgan fingerprint density at radius 2 is 1.97 bits per heavy atom. The molecule has 9 heteroatoms. The Kier molecular flexibility index (Phi) is 6.54. The van der Waals surface area contributed by atoms with Gasteiger partial charge in [-0.2, -0.15) is 0 Å². The molecule has 2 bridgehead atoms. The summed E-state index contributed by atoms with van der Waals surface area (Å²) in [6.07, 6.45) is 8.94. The second-order valence-corrected chi connectivity index (χ2v) is 10.1. The first kappa shape index (κ1) is 25.3. The maximum Gasteiger partial charge on any atom is 0.259 e. The van der Waals surface area contributed by atoms with E-state index in [4.69, 9.17) is 14.2 Å². The summed E-state index contributed by atoms with van der Waals surface area (Å²) < 4.78 is 18.3. The fourth-order valence-electron chi connectivity index (χ4n) is 5.17. The van der Waals surface area contributed by atoms with Crippen LogP contribution in [-0.2, 0) is 28.6 Å². The molecular formula is C26H34N2O7. The molecule has 4 rings (SSSR count). The molecule has 4 heterocycles. The molecule has 0 aromatic rings. The Morgan fingerprint density at radius 3 is 2.60 bits per heavy atom. The minimum absolute atomic E-state index is 0.0201. The number of epoxide rings is 1. The summed E-state index contributed by atoms with van der Waals surface area (Å²) in [7, 11) is 1.46. The maximum atomic E-state index is 12.7. The van der Waals surface area contributed by atoms with Gasteiger partial charge in [-0.05, 0) is 26.0 Å². The molecule has 0 unspecified atom stereocenters. The third kappa shape index (κ3) is 4.37. The standard InChI is InChI=1S/C26H34N2O7/c1-13(7-8-17(29)19-21(30)20(28-24(19)32)16(4)23(31)27-6)11-14(2)22-15(3)18-9-10-26(12-33-26)25(5,34-18)35-22/h7-11,14-16,18,20,22,29H,12H2,1-6H3,(H,27,31)(H,28,32)/b8-7+,13-11+,19-17-/t14-,15+,16+,18+,20+,22+,25+,26+/m1/s1. The van der Waals surface area contributed by atoms with Crippen molar-refractivity contribution in [1.29, 1.82) is 0 Å². The molecule has 2 amide bonds. The van der Waals surface area contributed by atoms with E-state index in [1.54, 1.807) is 13.0 Å². The molecule has 1 spiro atoms. The largest absolute Gasteiger partial charge is 0.507 e. The number of hydrogen-bond donors (Lipinski definition) is 3. The van der Waals surface area contributed by atoms with Crippen LogP contribution >= 0.6 is 0 Å². The average molecular weight is 487 g/mol. The molecule has 4 aliphatic rings. The normalized spacial score (nSPS) is 39.5. The van der Waals surface area contributed by atoms with E-state index in [0.717, 1.165) is 5.57 Å². The van der Waals surface area contributed by atoms with Crippen molar-refractivity contribution in [3.63, 3.8) is 0 Å². The SMILES string of the molecule is CNC(=O)[C@@H](C)[C@@H]1NC(=O)/C(=C(O)/C=C/C(C)=C/[C@@H](C)[C@@H]2O[C@]3(C)O[C@@H](C=C[C@]34CO4)[C@@H]2C)C1=O. The number of carbonyl (C=O) groups is 3. The van der Waals surface area contributed by atoms with Crippen molar-refractivity contribution in [1.82, 2.24) is 10.6 Å². The number of ether oxygens (including phenoxy) is 3. The second-order valence-electron chi connectivity index (χ2n) is 10.1. The van der Waals surface area contributed by atoms with Gasteiger partial charge in [-0.1, -0.05) is 44.6 Å². The van der Waals surface area contributed by atoms with Crippen molar-refractivity contribution in [2.24, 2.45) is 17.8 Å². The molecule has 3 N–H and O–H groups in total. The second kappa shape index (κ2) is 9.04. The molecule has 0 aromatic carbocycles. The molecule has 4 aliphatic heterocycles. The smallest absolute Gasteiger partial charge is 0.259 e. The number of hydrogen-bond acceptors (Lipinski definition) is 7. The molecular weight excluding hydrogens is 452 g/mol. The summed E-state index contributed by atoms with van der Waals surface area (Å²) in [6.45, 7) is 10.1. The van der Waals surface area contributed by atoms with E-state index < -0.39 is 40.8 Å². The number of rotatable bonds is 6. The van der Waals surface area contributed by atoms with Gasteiger partial charge in [0, 0.05) is 18.9 Å². The monoisotopic (exact) mass is 486 g/mol. The van der Waals surface area contributed by atoms with Gasteiger partial charge in [-0.3, -0.25) is 14.4 Å². The van der Waals surface area contributed by atoms with Gasteiger partial charge in [0.15, 0.2) is 11.4 Å². The zero-order chi connectivity index (χ0) is 25.7. The lowest BCUT2D eigenvalue weighted by Crippen LogP contribution is -2.61. The van der Waals surface area contributed by atoms with Gasteiger partial charge in [0.2, 0.25) is 11.7 Å². The van der Waals surface area contributed by atoms with Crippen LogP contribution in [0.25, 0.3) is 0 Å². The number of fused-ring (bicyclic) bond motifs is 3. The van der Waals surface area contributed by atoms with Crippen LogP contribution < -0.4 is 10.6 Å². The van der Waals surface area contributed by atoms with Crippen molar-refractivity contribution in [3.05, 3.63) is 47.3 Å². The number of carbonyl (C=O) groups excluding carboxylic acids is 3. The first-order chi connectivity index (χ1) is 16.4. The molecule has 0 saturated carbocycles.